The number of hydrogen-bond donors (Lipinski definition) is 1. The van der Waals surface area contributed by atoms with Crippen molar-refractivity contribution >= 4 is 31.6 Å². The van der Waals surface area contributed by atoms with Crippen LogP contribution < -0.4 is 13.8 Å². The molecular weight excluding hydrogens is 428 g/mol. The monoisotopic (exact) mass is 452 g/mol. The van der Waals surface area contributed by atoms with E-state index in [1.54, 1.807) is 6.07 Å². The highest BCUT2D eigenvalue weighted by atomic mass is 32.2. The van der Waals surface area contributed by atoms with Crippen molar-refractivity contribution in [2.45, 2.75) is 32.2 Å². The zero-order chi connectivity index (χ0) is 22.3. The van der Waals surface area contributed by atoms with E-state index in [4.69, 9.17) is 4.74 Å². The van der Waals surface area contributed by atoms with Crippen molar-refractivity contribution in [3.8, 4) is 5.75 Å². The Morgan fingerprint density at radius 2 is 1.87 bits per heavy atom. The summed E-state index contributed by atoms with van der Waals surface area (Å²) < 4.78 is 59.4. The van der Waals surface area contributed by atoms with Crippen LogP contribution in [0.4, 0.5) is 5.69 Å². The number of sulfonamides is 2. The molecule has 0 bridgehead atoms. The molecule has 3 rings (SSSR count). The number of benzene rings is 2. The van der Waals surface area contributed by atoms with Gasteiger partial charge in [0.05, 0.1) is 24.0 Å². The molecule has 30 heavy (non-hydrogen) atoms. The van der Waals surface area contributed by atoms with Gasteiger partial charge in [0.25, 0.3) is 0 Å². The largest absolute Gasteiger partial charge is 0.495 e. The molecule has 0 unspecified atom stereocenters. The predicted octanol–water partition coefficient (Wildman–Crippen LogP) is 2.18. The van der Waals surface area contributed by atoms with Gasteiger partial charge in [-0.05, 0) is 44.5 Å². The van der Waals surface area contributed by atoms with E-state index in [9.17, 15) is 21.6 Å². The summed E-state index contributed by atoms with van der Waals surface area (Å²) in [6.07, 6.45) is 0. The zero-order valence-electron chi connectivity index (χ0n) is 17.2. The molecule has 2 aromatic carbocycles. The molecule has 10 heteroatoms. The standard InChI is InChI=1S/C20H24N2O6S2/c1-14-6-5-7-15(10-14)12-21-30(26,27)18-11-16(8-9-17(18)28-4)22-19(23)20(2,3)13-29(22,24)25/h5-11,21H,12-13H2,1-4H3. The zero-order valence-corrected chi connectivity index (χ0v) is 18.8. The van der Waals surface area contributed by atoms with Gasteiger partial charge in [0.2, 0.25) is 26.0 Å². The maximum absolute atomic E-state index is 13.0. The normalized spacial score (nSPS) is 17.9. The number of hydrogen-bond acceptors (Lipinski definition) is 6. The minimum absolute atomic E-state index is 0.0395. The fourth-order valence-corrected chi connectivity index (χ4v) is 6.64. The molecule has 0 aliphatic carbocycles. The van der Waals surface area contributed by atoms with Crippen LogP contribution in [-0.4, -0.2) is 35.6 Å². The Hall–Kier alpha value is -2.43. The summed E-state index contributed by atoms with van der Waals surface area (Å²) in [7, 11) is -6.65. The van der Waals surface area contributed by atoms with Gasteiger partial charge in [0.1, 0.15) is 10.6 Å². The molecule has 1 aliphatic heterocycles. The highest BCUT2D eigenvalue weighted by Crippen LogP contribution is 2.38. The Balaban J connectivity index is 1.99. The number of ether oxygens (including phenoxy) is 1. The third-order valence-electron chi connectivity index (χ3n) is 4.80. The maximum atomic E-state index is 13.0. The molecule has 1 saturated heterocycles. The molecule has 0 atom stereocenters. The van der Waals surface area contributed by atoms with Crippen LogP contribution >= 0.6 is 0 Å². The molecule has 1 heterocycles. The van der Waals surface area contributed by atoms with E-state index in [1.165, 1.54) is 33.1 Å². The van der Waals surface area contributed by atoms with E-state index < -0.39 is 31.4 Å². The molecule has 1 N–H and O–H groups in total. The van der Waals surface area contributed by atoms with E-state index in [1.807, 2.05) is 25.1 Å². The number of carbonyl (C=O) groups excluding carboxylic acids is 1. The summed E-state index contributed by atoms with van der Waals surface area (Å²) in [5.41, 5.74) is 0.628. The third kappa shape index (κ3) is 4.21. The fraction of sp³-hybridized carbons (Fsp3) is 0.350. The number of methoxy groups -OCH3 is 1. The van der Waals surface area contributed by atoms with Gasteiger partial charge < -0.3 is 4.74 Å². The highest BCUT2D eigenvalue weighted by molar-refractivity contribution is 7.94. The van der Waals surface area contributed by atoms with Crippen molar-refractivity contribution < 1.29 is 26.4 Å². The first-order chi connectivity index (χ1) is 13.9. The van der Waals surface area contributed by atoms with Crippen molar-refractivity contribution in [3.63, 3.8) is 0 Å². The van der Waals surface area contributed by atoms with Crippen molar-refractivity contribution in [2.24, 2.45) is 5.41 Å². The number of amides is 1. The van der Waals surface area contributed by atoms with Crippen molar-refractivity contribution in [3.05, 3.63) is 53.6 Å². The van der Waals surface area contributed by atoms with Crippen LogP contribution in [0.25, 0.3) is 0 Å². The Morgan fingerprint density at radius 3 is 2.43 bits per heavy atom. The van der Waals surface area contributed by atoms with Gasteiger partial charge in [0, 0.05) is 6.54 Å². The molecule has 162 valence electrons. The molecule has 0 saturated carbocycles. The summed E-state index contributed by atoms with van der Waals surface area (Å²) in [4.78, 5) is 12.4. The van der Waals surface area contributed by atoms with Crippen LogP contribution in [0.15, 0.2) is 47.4 Å². The number of rotatable bonds is 6. The van der Waals surface area contributed by atoms with Crippen LogP contribution in [0.5, 0.6) is 5.75 Å². The SMILES string of the molecule is COc1ccc(N2C(=O)C(C)(C)CS2(=O)=O)cc1S(=O)(=O)NCc1cccc(C)c1. The summed E-state index contributed by atoms with van der Waals surface area (Å²) >= 11 is 0. The second-order valence-electron chi connectivity index (χ2n) is 7.86. The number of anilines is 1. The molecule has 2 aromatic rings. The fourth-order valence-electron chi connectivity index (χ4n) is 3.34. The van der Waals surface area contributed by atoms with Gasteiger partial charge in [-0.3, -0.25) is 4.79 Å². The minimum atomic E-state index is -4.06. The summed E-state index contributed by atoms with van der Waals surface area (Å²) in [6, 6.07) is 11.2. The molecular formula is C20H24N2O6S2. The van der Waals surface area contributed by atoms with Crippen molar-refractivity contribution in [1.82, 2.24) is 4.72 Å². The minimum Gasteiger partial charge on any atom is -0.495 e. The second-order valence-corrected chi connectivity index (χ2v) is 11.4. The maximum Gasteiger partial charge on any atom is 0.247 e. The Labute approximate surface area is 177 Å². The molecule has 1 fully saturated rings. The second kappa shape index (κ2) is 7.68. The van der Waals surface area contributed by atoms with E-state index in [0.29, 0.717) is 4.31 Å². The lowest BCUT2D eigenvalue weighted by Crippen LogP contribution is -2.33. The first-order valence-corrected chi connectivity index (χ1v) is 12.3. The third-order valence-corrected chi connectivity index (χ3v) is 8.25. The van der Waals surface area contributed by atoms with Gasteiger partial charge in [-0.1, -0.05) is 29.8 Å². The van der Waals surface area contributed by atoms with Crippen LogP contribution in [0.2, 0.25) is 0 Å². The lowest BCUT2D eigenvalue weighted by molar-refractivity contribution is -0.123. The van der Waals surface area contributed by atoms with Gasteiger partial charge in [0.15, 0.2) is 0 Å². The molecule has 0 spiro atoms. The molecule has 0 aromatic heterocycles. The number of nitrogens with zero attached hydrogens (tertiary/aromatic N) is 1. The van der Waals surface area contributed by atoms with Crippen LogP contribution in [0.1, 0.15) is 25.0 Å². The average Bonchev–Trinajstić information content (AvgIpc) is 2.82. The quantitative estimate of drug-likeness (QED) is 0.719. The number of nitrogens with one attached hydrogen (secondary N) is 1. The molecule has 1 amide bonds. The lowest BCUT2D eigenvalue weighted by Gasteiger charge is -2.19. The summed E-state index contributed by atoms with van der Waals surface area (Å²) in [5, 5.41) is 0. The summed E-state index contributed by atoms with van der Waals surface area (Å²) in [5.74, 6) is -0.916. The van der Waals surface area contributed by atoms with Crippen LogP contribution in [0, 0.1) is 12.3 Å². The molecule has 0 radical (unpaired) electrons. The van der Waals surface area contributed by atoms with Gasteiger partial charge >= 0.3 is 0 Å². The van der Waals surface area contributed by atoms with Gasteiger partial charge in [-0.2, -0.15) is 0 Å². The van der Waals surface area contributed by atoms with E-state index in [0.717, 1.165) is 17.2 Å². The predicted molar refractivity (Wildman–Crippen MR) is 113 cm³/mol. The molecule has 8 nitrogen and oxygen atoms in total. The Kier molecular flexibility index (Phi) is 5.70. The smallest absolute Gasteiger partial charge is 0.247 e. The van der Waals surface area contributed by atoms with E-state index >= 15 is 0 Å². The number of aryl methyl sites for hydroxylation is 1. The highest BCUT2D eigenvalue weighted by Gasteiger charge is 2.50. The first-order valence-electron chi connectivity index (χ1n) is 9.18. The number of carbonyl (C=O) groups is 1. The van der Waals surface area contributed by atoms with Gasteiger partial charge in [-0.15, -0.1) is 0 Å². The molecule has 1 aliphatic rings. The summed E-state index contributed by atoms with van der Waals surface area (Å²) in [6.45, 7) is 5.03. The van der Waals surface area contributed by atoms with E-state index in [-0.39, 0.29) is 28.6 Å². The average molecular weight is 453 g/mol. The van der Waals surface area contributed by atoms with Crippen LogP contribution in [0.3, 0.4) is 0 Å². The Morgan fingerprint density at radius 1 is 1.17 bits per heavy atom. The van der Waals surface area contributed by atoms with Gasteiger partial charge in [-0.25, -0.2) is 25.9 Å². The van der Waals surface area contributed by atoms with Crippen LogP contribution in [-0.2, 0) is 31.4 Å². The van der Waals surface area contributed by atoms with Crippen molar-refractivity contribution in [1.29, 1.82) is 0 Å². The lowest BCUT2D eigenvalue weighted by atomic mass is 9.95. The topological polar surface area (TPSA) is 110 Å². The first kappa shape index (κ1) is 22.3. The Bertz CT molecular complexity index is 1200. The van der Waals surface area contributed by atoms with E-state index in [2.05, 4.69) is 4.72 Å². The van der Waals surface area contributed by atoms with Crippen molar-refractivity contribution in [2.75, 3.05) is 17.2 Å².